The van der Waals surface area contributed by atoms with Gasteiger partial charge in [0.2, 0.25) is 5.91 Å². The zero-order valence-corrected chi connectivity index (χ0v) is 14.2. The van der Waals surface area contributed by atoms with Crippen molar-refractivity contribution in [2.24, 2.45) is 5.92 Å². The van der Waals surface area contributed by atoms with E-state index >= 15 is 0 Å². The van der Waals surface area contributed by atoms with Gasteiger partial charge in [-0.05, 0) is 62.9 Å². The minimum atomic E-state index is 0.00833. The average Bonchev–Trinajstić information content (AvgIpc) is 3.16. The molecule has 1 saturated heterocycles. The van der Waals surface area contributed by atoms with Gasteiger partial charge < -0.3 is 15.2 Å². The number of rotatable bonds is 6. The first-order valence-electron chi connectivity index (χ1n) is 8.81. The van der Waals surface area contributed by atoms with Gasteiger partial charge in [0.1, 0.15) is 0 Å². The van der Waals surface area contributed by atoms with Gasteiger partial charge in [-0.15, -0.1) is 0 Å². The number of aromatic nitrogens is 2. The number of hydrogen-bond acceptors (Lipinski definition) is 3. The number of nitrogens with one attached hydrogen (secondary N) is 2. The van der Waals surface area contributed by atoms with Crippen LogP contribution in [-0.4, -0.2) is 28.5 Å². The van der Waals surface area contributed by atoms with Crippen molar-refractivity contribution in [3.05, 3.63) is 48.5 Å². The molecule has 0 bridgehead atoms. The van der Waals surface area contributed by atoms with Gasteiger partial charge in [-0.1, -0.05) is 12.1 Å². The van der Waals surface area contributed by atoms with E-state index in [9.17, 15) is 4.79 Å². The normalized spacial score (nSPS) is 16.7. The van der Waals surface area contributed by atoms with Crippen LogP contribution in [0.5, 0.6) is 0 Å². The Morgan fingerprint density at radius 2 is 2.25 bits per heavy atom. The van der Waals surface area contributed by atoms with Crippen molar-refractivity contribution in [2.45, 2.75) is 38.6 Å². The van der Waals surface area contributed by atoms with Gasteiger partial charge in [0, 0.05) is 24.5 Å². The molecule has 3 rings (SSSR count). The molecular formula is C19H26N4O. The van der Waals surface area contributed by atoms with E-state index in [1.165, 1.54) is 12.8 Å². The van der Waals surface area contributed by atoms with E-state index in [4.69, 9.17) is 0 Å². The third-order valence-electron chi connectivity index (χ3n) is 4.79. The Bertz CT molecular complexity index is 647. The maximum Gasteiger partial charge on any atom is 0.220 e. The Morgan fingerprint density at radius 1 is 1.42 bits per heavy atom. The molecule has 2 aromatic rings. The van der Waals surface area contributed by atoms with Crippen LogP contribution in [0.15, 0.2) is 43.0 Å². The second-order valence-electron chi connectivity index (χ2n) is 6.59. The monoisotopic (exact) mass is 326 g/mol. The SMILES string of the molecule is CC(NC(=O)CCC1CCNCC1)c1cccc(-n2ccnc2)c1. The molecule has 1 fully saturated rings. The first kappa shape index (κ1) is 16.7. The highest BCUT2D eigenvalue weighted by Crippen LogP contribution is 2.19. The summed E-state index contributed by atoms with van der Waals surface area (Å²) in [4.78, 5) is 16.3. The fraction of sp³-hybridized carbons (Fsp3) is 0.474. The van der Waals surface area contributed by atoms with Gasteiger partial charge in [0.05, 0.1) is 12.4 Å². The molecule has 0 aliphatic carbocycles. The maximum atomic E-state index is 12.2. The van der Waals surface area contributed by atoms with Gasteiger partial charge in [-0.3, -0.25) is 4.79 Å². The fourth-order valence-corrected chi connectivity index (χ4v) is 3.27. The molecular weight excluding hydrogens is 300 g/mol. The molecule has 1 atom stereocenters. The number of amides is 1. The van der Waals surface area contributed by atoms with Crippen LogP contribution in [0.3, 0.4) is 0 Å². The highest BCUT2D eigenvalue weighted by Gasteiger charge is 2.16. The molecule has 0 radical (unpaired) electrons. The molecule has 24 heavy (non-hydrogen) atoms. The van der Waals surface area contributed by atoms with Crippen molar-refractivity contribution in [1.29, 1.82) is 0 Å². The summed E-state index contributed by atoms with van der Waals surface area (Å²) in [6.45, 7) is 4.21. The largest absolute Gasteiger partial charge is 0.350 e. The van der Waals surface area contributed by atoms with Gasteiger partial charge in [0.15, 0.2) is 0 Å². The quantitative estimate of drug-likeness (QED) is 0.858. The second kappa shape index (κ2) is 8.11. The van der Waals surface area contributed by atoms with E-state index in [1.54, 1.807) is 12.5 Å². The molecule has 0 spiro atoms. The highest BCUT2D eigenvalue weighted by molar-refractivity contribution is 5.76. The van der Waals surface area contributed by atoms with Crippen LogP contribution in [0, 0.1) is 5.92 Å². The van der Waals surface area contributed by atoms with Crippen LogP contribution >= 0.6 is 0 Å². The Kier molecular flexibility index (Phi) is 5.64. The van der Waals surface area contributed by atoms with Crippen LogP contribution < -0.4 is 10.6 Å². The summed E-state index contributed by atoms with van der Waals surface area (Å²) < 4.78 is 1.97. The summed E-state index contributed by atoms with van der Waals surface area (Å²) in [6, 6.07) is 8.21. The van der Waals surface area contributed by atoms with E-state index in [0.717, 1.165) is 30.8 Å². The van der Waals surface area contributed by atoms with Crippen LogP contribution in [0.2, 0.25) is 0 Å². The van der Waals surface area contributed by atoms with Gasteiger partial charge in [-0.25, -0.2) is 4.98 Å². The number of carbonyl (C=O) groups excluding carboxylic acids is 1. The number of nitrogens with zero attached hydrogens (tertiary/aromatic N) is 2. The topological polar surface area (TPSA) is 59.0 Å². The lowest BCUT2D eigenvalue weighted by molar-refractivity contribution is -0.122. The zero-order chi connectivity index (χ0) is 16.8. The predicted molar refractivity (Wildman–Crippen MR) is 94.9 cm³/mol. The molecule has 5 heteroatoms. The number of piperidine rings is 1. The molecule has 5 nitrogen and oxygen atoms in total. The Labute approximate surface area is 143 Å². The van der Waals surface area contributed by atoms with E-state index in [2.05, 4.69) is 27.8 Å². The average molecular weight is 326 g/mol. The lowest BCUT2D eigenvalue weighted by Gasteiger charge is -2.22. The molecule has 0 saturated carbocycles. The number of hydrogen-bond donors (Lipinski definition) is 2. The molecule has 1 aliphatic rings. The van der Waals surface area contributed by atoms with Crippen LogP contribution in [-0.2, 0) is 4.79 Å². The summed E-state index contributed by atoms with van der Waals surface area (Å²) in [5.41, 5.74) is 2.16. The van der Waals surface area contributed by atoms with Crippen molar-refractivity contribution in [2.75, 3.05) is 13.1 Å². The van der Waals surface area contributed by atoms with Crippen molar-refractivity contribution < 1.29 is 4.79 Å². The number of benzene rings is 1. The van der Waals surface area contributed by atoms with Crippen LogP contribution in [0.4, 0.5) is 0 Å². The van der Waals surface area contributed by atoms with Crippen molar-refractivity contribution >= 4 is 5.91 Å². The lowest BCUT2D eigenvalue weighted by atomic mass is 9.93. The fourth-order valence-electron chi connectivity index (χ4n) is 3.27. The van der Waals surface area contributed by atoms with Gasteiger partial charge in [-0.2, -0.15) is 0 Å². The first-order chi connectivity index (χ1) is 11.7. The van der Waals surface area contributed by atoms with Crippen molar-refractivity contribution in [1.82, 2.24) is 20.2 Å². The molecule has 1 aromatic heterocycles. The van der Waals surface area contributed by atoms with E-state index in [-0.39, 0.29) is 11.9 Å². The standard InChI is InChI=1S/C19H26N4O/c1-15(22-19(24)6-5-16-7-9-20-10-8-16)17-3-2-4-18(13-17)23-12-11-21-14-23/h2-4,11-16,20H,5-10H2,1H3,(H,22,24). The van der Waals surface area contributed by atoms with E-state index < -0.39 is 0 Å². The molecule has 1 aliphatic heterocycles. The summed E-state index contributed by atoms with van der Waals surface area (Å²) in [7, 11) is 0. The second-order valence-corrected chi connectivity index (χ2v) is 6.59. The maximum absolute atomic E-state index is 12.2. The minimum Gasteiger partial charge on any atom is -0.350 e. The molecule has 1 aromatic carbocycles. The first-order valence-corrected chi connectivity index (χ1v) is 8.81. The Balaban J connectivity index is 1.53. The third kappa shape index (κ3) is 4.45. The lowest BCUT2D eigenvalue weighted by Crippen LogP contribution is -2.30. The third-order valence-corrected chi connectivity index (χ3v) is 4.79. The molecule has 2 heterocycles. The van der Waals surface area contributed by atoms with Crippen LogP contribution in [0.25, 0.3) is 5.69 Å². The molecule has 1 amide bonds. The highest BCUT2D eigenvalue weighted by atomic mass is 16.1. The number of carbonyl (C=O) groups is 1. The predicted octanol–water partition coefficient (Wildman–Crippen LogP) is 2.83. The van der Waals surface area contributed by atoms with Crippen LogP contribution in [0.1, 0.15) is 44.2 Å². The van der Waals surface area contributed by atoms with E-state index in [0.29, 0.717) is 12.3 Å². The smallest absolute Gasteiger partial charge is 0.220 e. The Morgan fingerprint density at radius 3 is 3.00 bits per heavy atom. The summed E-state index contributed by atoms with van der Waals surface area (Å²) >= 11 is 0. The summed E-state index contributed by atoms with van der Waals surface area (Å²) in [5.74, 6) is 0.839. The molecule has 1 unspecified atom stereocenters. The number of imidazole rings is 1. The Hall–Kier alpha value is -2.14. The van der Waals surface area contributed by atoms with Crippen molar-refractivity contribution in [3.63, 3.8) is 0 Å². The summed E-state index contributed by atoms with van der Waals surface area (Å²) in [5, 5.41) is 6.49. The molecule has 128 valence electrons. The van der Waals surface area contributed by atoms with Gasteiger partial charge >= 0.3 is 0 Å². The minimum absolute atomic E-state index is 0.00833. The van der Waals surface area contributed by atoms with Gasteiger partial charge in [0.25, 0.3) is 0 Å². The summed E-state index contributed by atoms with van der Waals surface area (Å²) in [6.07, 6.45) is 9.46. The van der Waals surface area contributed by atoms with Crippen molar-refractivity contribution in [3.8, 4) is 5.69 Å². The zero-order valence-electron chi connectivity index (χ0n) is 14.2. The van der Waals surface area contributed by atoms with E-state index in [1.807, 2.05) is 29.8 Å². The molecule has 2 N–H and O–H groups in total.